The summed E-state index contributed by atoms with van der Waals surface area (Å²) in [4.78, 5) is 24.3. The molecule has 0 spiro atoms. The van der Waals surface area contributed by atoms with E-state index < -0.39 is 4.92 Å². The Morgan fingerprint density at radius 2 is 2.05 bits per heavy atom. The number of amides is 1. The van der Waals surface area contributed by atoms with E-state index in [0.29, 0.717) is 6.54 Å². The fraction of sp³-hybridized carbons (Fsp3) is 0.462. The van der Waals surface area contributed by atoms with E-state index in [1.54, 1.807) is 7.05 Å². The summed E-state index contributed by atoms with van der Waals surface area (Å²) in [6.45, 7) is 6.55. The lowest BCUT2D eigenvalue weighted by Gasteiger charge is -2.27. The molecule has 1 aromatic rings. The van der Waals surface area contributed by atoms with Crippen LogP contribution in [0.2, 0.25) is 0 Å². The lowest BCUT2D eigenvalue weighted by molar-refractivity contribution is -0.384. The first kappa shape index (κ1) is 15.9. The lowest BCUT2D eigenvalue weighted by atomic mass is 9.96. The average molecular weight is 280 g/mol. The van der Waals surface area contributed by atoms with Crippen molar-refractivity contribution in [1.82, 2.24) is 4.90 Å². The van der Waals surface area contributed by atoms with Gasteiger partial charge in [0.1, 0.15) is 5.69 Å². The number of benzene rings is 1. The third-order valence-electron chi connectivity index (χ3n) is 2.67. The number of carbonyl (C=O) groups is 1. The van der Waals surface area contributed by atoms with Gasteiger partial charge in [-0.2, -0.15) is 0 Å². The first-order chi connectivity index (χ1) is 9.17. The number of hydrogen-bond acceptors (Lipinski definition) is 5. The Morgan fingerprint density at radius 3 is 2.50 bits per heavy atom. The van der Waals surface area contributed by atoms with Crippen molar-refractivity contribution < 1.29 is 9.72 Å². The SMILES string of the molecule is CN(CC(C)(C)C)C(=O)c1cccc([N+](=O)[O-])c1NN. The van der Waals surface area contributed by atoms with Crippen LogP contribution in [0.5, 0.6) is 0 Å². The number of anilines is 1. The maximum Gasteiger partial charge on any atom is 0.294 e. The van der Waals surface area contributed by atoms with Crippen LogP contribution in [0.4, 0.5) is 11.4 Å². The van der Waals surface area contributed by atoms with Crippen LogP contribution >= 0.6 is 0 Å². The zero-order chi connectivity index (χ0) is 15.5. The van der Waals surface area contributed by atoms with Crippen molar-refractivity contribution in [3.05, 3.63) is 33.9 Å². The Balaban J connectivity index is 3.16. The van der Waals surface area contributed by atoms with Crippen LogP contribution in [0.1, 0.15) is 31.1 Å². The molecule has 1 rings (SSSR count). The smallest absolute Gasteiger partial charge is 0.294 e. The molecule has 0 aliphatic heterocycles. The predicted molar refractivity (Wildman–Crippen MR) is 77.3 cm³/mol. The van der Waals surface area contributed by atoms with Crippen LogP contribution in [-0.4, -0.2) is 29.3 Å². The Labute approximate surface area is 117 Å². The molecule has 0 atom stereocenters. The molecule has 0 aliphatic carbocycles. The molecule has 0 aromatic heterocycles. The first-order valence-corrected chi connectivity index (χ1v) is 6.17. The molecule has 0 saturated carbocycles. The summed E-state index contributed by atoms with van der Waals surface area (Å²) in [5.74, 6) is 5.02. The summed E-state index contributed by atoms with van der Waals surface area (Å²) in [7, 11) is 1.66. The number of nitro benzene ring substituents is 1. The highest BCUT2D eigenvalue weighted by Gasteiger charge is 2.25. The number of rotatable bonds is 4. The Hall–Kier alpha value is -2.15. The highest BCUT2D eigenvalue weighted by molar-refractivity contribution is 6.01. The molecule has 7 nitrogen and oxygen atoms in total. The van der Waals surface area contributed by atoms with Gasteiger partial charge in [0.2, 0.25) is 0 Å². The molecule has 0 saturated heterocycles. The maximum absolute atomic E-state index is 12.4. The highest BCUT2D eigenvalue weighted by atomic mass is 16.6. The number of carbonyl (C=O) groups excluding carboxylic acids is 1. The van der Waals surface area contributed by atoms with E-state index in [9.17, 15) is 14.9 Å². The summed E-state index contributed by atoms with van der Waals surface area (Å²) in [5.41, 5.74) is 2.19. The molecule has 1 aromatic carbocycles. The Morgan fingerprint density at radius 1 is 1.45 bits per heavy atom. The van der Waals surface area contributed by atoms with Crippen molar-refractivity contribution in [3.63, 3.8) is 0 Å². The summed E-state index contributed by atoms with van der Waals surface area (Å²) in [5, 5.41) is 10.9. The topological polar surface area (TPSA) is 102 Å². The van der Waals surface area contributed by atoms with E-state index in [-0.39, 0.29) is 28.3 Å². The van der Waals surface area contributed by atoms with Gasteiger partial charge in [0, 0.05) is 19.7 Å². The molecular formula is C13H20N4O3. The number of nitrogen functional groups attached to an aromatic ring is 1. The van der Waals surface area contributed by atoms with E-state index in [0.717, 1.165) is 0 Å². The van der Waals surface area contributed by atoms with Crippen molar-refractivity contribution >= 4 is 17.3 Å². The summed E-state index contributed by atoms with van der Waals surface area (Å²) in [6, 6.07) is 4.29. The van der Waals surface area contributed by atoms with Crippen LogP contribution in [0.3, 0.4) is 0 Å². The molecular weight excluding hydrogens is 260 g/mol. The molecule has 3 N–H and O–H groups in total. The van der Waals surface area contributed by atoms with Crippen molar-refractivity contribution in [2.24, 2.45) is 11.3 Å². The van der Waals surface area contributed by atoms with Gasteiger partial charge >= 0.3 is 0 Å². The normalized spacial score (nSPS) is 11.1. The Kier molecular flexibility index (Phi) is 4.67. The van der Waals surface area contributed by atoms with Crippen LogP contribution in [-0.2, 0) is 0 Å². The van der Waals surface area contributed by atoms with E-state index in [1.165, 1.54) is 23.1 Å². The summed E-state index contributed by atoms with van der Waals surface area (Å²) >= 11 is 0. The second-order valence-electron chi connectivity index (χ2n) is 5.82. The lowest BCUT2D eigenvalue weighted by Crippen LogP contribution is -2.35. The largest absolute Gasteiger partial charge is 0.341 e. The number of para-hydroxylation sites is 1. The monoisotopic (exact) mass is 280 g/mol. The minimum absolute atomic E-state index is 0.0308. The van der Waals surface area contributed by atoms with Crippen LogP contribution in [0.15, 0.2) is 18.2 Å². The number of nitrogens with zero attached hydrogens (tertiary/aromatic N) is 2. The molecule has 0 unspecified atom stereocenters. The number of hydrogen-bond donors (Lipinski definition) is 2. The molecule has 1 amide bonds. The van der Waals surface area contributed by atoms with E-state index >= 15 is 0 Å². The minimum Gasteiger partial charge on any atom is -0.341 e. The molecule has 7 heteroatoms. The first-order valence-electron chi connectivity index (χ1n) is 6.17. The number of nitrogens with two attached hydrogens (primary N) is 1. The van der Waals surface area contributed by atoms with Crippen molar-refractivity contribution in [2.45, 2.75) is 20.8 Å². The standard InChI is InChI=1S/C13H20N4O3/c1-13(2,3)8-16(4)12(18)9-6-5-7-10(17(19)20)11(9)15-14/h5-7,15H,8,14H2,1-4H3. The molecule has 0 aliphatic rings. The van der Waals surface area contributed by atoms with E-state index in [1.807, 2.05) is 20.8 Å². The predicted octanol–water partition coefficient (Wildman–Crippen LogP) is 2.00. The van der Waals surface area contributed by atoms with Gasteiger partial charge in [-0.15, -0.1) is 0 Å². The second kappa shape index (κ2) is 5.87. The summed E-state index contributed by atoms with van der Waals surface area (Å²) in [6.07, 6.45) is 0. The van der Waals surface area contributed by atoms with E-state index in [2.05, 4.69) is 5.43 Å². The van der Waals surface area contributed by atoms with Gasteiger partial charge in [-0.3, -0.25) is 20.8 Å². The van der Waals surface area contributed by atoms with Crippen LogP contribution < -0.4 is 11.3 Å². The molecule has 20 heavy (non-hydrogen) atoms. The minimum atomic E-state index is -0.574. The quantitative estimate of drug-likeness (QED) is 0.499. The van der Waals surface area contributed by atoms with Crippen molar-refractivity contribution in [2.75, 3.05) is 19.0 Å². The van der Waals surface area contributed by atoms with Crippen molar-refractivity contribution in [3.8, 4) is 0 Å². The van der Waals surface area contributed by atoms with Crippen LogP contribution in [0.25, 0.3) is 0 Å². The fourth-order valence-electron chi connectivity index (χ4n) is 2.01. The van der Waals surface area contributed by atoms with Gasteiger partial charge in [-0.05, 0) is 11.5 Å². The zero-order valence-corrected chi connectivity index (χ0v) is 12.1. The number of nitro groups is 1. The second-order valence-corrected chi connectivity index (χ2v) is 5.82. The van der Waals surface area contributed by atoms with Gasteiger partial charge in [-0.25, -0.2) is 0 Å². The number of hydrazine groups is 1. The molecule has 0 bridgehead atoms. The van der Waals surface area contributed by atoms with E-state index in [4.69, 9.17) is 5.84 Å². The summed E-state index contributed by atoms with van der Waals surface area (Å²) < 4.78 is 0. The van der Waals surface area contributed by atoms with Gasteiger partial charge in [0.05, 0.1) is 10.5 Å². The molecule has 0 heterocycles. The zero-order valence-electron chi connectivity index (χ0n) is 12.1. The van der Waals surface area contributed by atoms with Gasteiger partial charge in [0.25, 0.3) is 11.6 Å². The fourth-order valence-corrected chi connectivity index (χ4v) is 2.01. The van der Waals surface area contributed by atoms with Gasteiger partial charge in [0.15, 0.2) is 0 Å². The van der Waals surface area contributed by atoms with Gasteiger partial charge < -0.3 is 10.3 Å². The van der Waals surface area contributed by atoms with Gasteiger partial charge in [-0.1, -0.05) is 26.8 Å². The average Bonchev–Trinajstić information content (AvgIpc) is 2.34. The molecule has 0 radical (unpaired) electrons. The maximum atomic E-state index is 12.4. The number of nitrogens with one attached hydrogen (secondary N) is 1. The third-order valence-corrected chi connectivity index (χ3v) is 2.67. The third kappa shape index (κ3) is 3.67. The molecule has 0 fully saturated rings. The highest BCUT2D eigenvalue weighted by Crippen LogP contribution is 2.28. The van der Waals surface area contributed by atoms with Crippen LogP contribution in [0, 0.1) is 15.5 Å². The van der Waals surface area contributed by atoms with Crippen molar-refractivity contribution in [1.29, 1.82) is 0 Å². The Bertz CT molecular complexity index is 523. The molecule has 110 valence electrons.